The molecule has 1 heteroatoms. The normalized spacial score (nSPS) is 54.2. The molecular formula is C18H31N. The first-order valence-electron chi connectivity index (χ1n) is 8.72. The van der Waals surface area contributed by atoms with Gasteiger partial charge in [0.15, 0.2) is 0 Å². The van der Waals surface area contributed by atoms with Crippen LogP contribution < -0.4 is 5.32 Å². The van der Waals surface area contributed by atoms with Crippen molar-refractivity contribution in [2.24, 2.45) is 34.5 Å². The molecule has 4 aliphatic carbocycles. The topological polar surface area (TPSA) is 12.0 Å². The third-order valence-corrected chi connectivity index (χ3v) is 7.74. The number of hydrogen-bond acceptors (Lipinski definition) is 1. The van der Waals surface area contributed by atoms with Crippen LogP contribution in [0.4, 0.5) is 0 Å². The Kier molecular flexibility index (Phi) is 2.67. The molecule has 4 fully saturated rings. The molecule has 0 amide bonds. The molecule has 19 heavy (non-hydrogen) atoms. The number of nitrogens with one attached hydrogen (secondary N) is 1. The zero-order valence-corrected chi connectivity index (χ0v) is 13.0. The average molecular weight is 261 g/mol. The molecule has 0 aromatic carbocycles. The van der Waals surface area contributed by atoms with Crippen molar-refractivity contribution >= 4 is 0 Å². The fraction of sp³-hybridized carbons (Fsp3) is 1.00. The standard InChI is InChI=1S/C18H31N/c1-17(2)15-6-7-18(3,10-15)16(17)19-11-14-9-12-4-5-13(14)8-12/h12-16,19H,4-11H2,1-3H3. The van der Waals surface area contributed by atoms with E-state index in [1.807, 2.05) is 0 Å². The second-order valence-corrected chi connectivity index (χ2v) is 9.19. The summed E-state index contributed by atoms with van der Waals surface area (Å²) >= 11 is 0. The highest BCUT2D eigenvalue weighted by molar-refractivity contribution is 5.12. The molecule has 0 spiro atoms. The largest absolute Gasteiger partial charge is 0.313 e. The van der Waals surface area contributed by atoms with Gasteiger partial charge in [0.25, 0.3) is 0 Å². The Morgan fingerprint density at radius 1 is 1.05 bits per heavy atom. The Bertz CT molecular complexity index is 369. The van der Waals surface area contributed by atoms with Crippen molar-refractivity contribution in [3.05, 3.63) is 0 Å². The summed E-state index contributed by atoms with van der Waals surface area (Å²) < 4.78 is 0. The van der Waals surface area contributed by atoms with Crippen molar-refractivity contribution in [2.75, 3.05) is 6.54 Å². The molecule has 4 saturated carbocycles. The second kappa shape index (κ2) is 4.00. The summed E-state index contributed by atoms with van der Waals surface area (Å²) in [6.07, 6.45) is 10.6. The lowest BCUT2D eigenvalue weighted by Crippen LogP contribution is -2.51. The van der Waals surface area contributed by atoms with E-state index < -0.39 is 0 Å². The van der Waals surface area contributed by atoms with Gasteiger partial charge in [-0.05, 0) is 79.6 Å². The zero-order chi connectivity index (χ0) is 13.3. The van der Waals surface area contributed by atoms with Gasteiger partial charge in [-0.15, -0.1) is 0 Å². The van der Waals surface area contributed by atoms with Gasteiger partial charge in [0.1, 0.15) is 0 Å². The van der Waals surface area contributed by atoms with Gasteiger partial charge in [-0.25, -0.2) is 0 Å². The molecule has 0 aromatic heterocycles. The van der Waals surface area contributed by atoms with Gasteiger partial charge in [-0.2, -0.15) is 0 Å². The molecule has 1 nitrogen and oxygen atoms in total. The fourth-order valence-corrected chi connectivity index (χ4v) is 6.71. The van der Waals surface area contributed by atoms with Crippen LogP contribution in [0.15, 0.2) is 0 Å². The Morgan fingerprint density at radius 2 is 1.89 bits per heavy atom. The first kappa shape index (κ1) is 12.7. The first-order valence-corrected chi connectivity index (χ1v) is 8.72. The third-order valence-electron chi connectivity index (χ3n) is 7.74. The smallest absolute Gasteiger partial charge is 0.0175 e. The van der Waals surface area contributed by atoms with Crippen LogP contribution in [0.1, 0.15) is 65.7 Å². The van der Waals surface area contributed by atoms with E-state index in [4.69, 9.17) is 0 Å². The molecule has 0 saturated heterocycles. The van der Waals surface area contributed by atoms with Gasteiger partial charge in [-0.3, -0.25) is 0 Å². The highest BCUT2D eigenvalue weighted by Crippen LogP contribution is 2.62. The van der Waals surface area contributed by atoms with Crippen molar-refractivity contribution < 1.29 is 0 Å². The molecule has 0 aromatic rings. The van der Waals surface area contributed by atoms with Crippen LogP contribution >= 0.6 is 0 Å². The molecule has 0 heterocycles. The molecular weight excluding hydrogens is 230 g/mol. The minimum Gasteiger partial charge on any atom is -0.313 e. The van der Waals surface area contributed by atoms with Gasteiger partial charge < -0.3 is 5.32 Å². The minimum atomic E-state index is 0.532. The van der Waals surface area contributed by atoms with E-state index in [1.54, 1.807) is 6.42 Å². The van der Waals surface area contributed by atoms with Crippen LogP contribution in [0.25, 0.3) is 0 Å². The summed E-state index contributed by atoms with van der Waals surface area (Å²) in [5, 5.41) is 4.07. The van der Waals surface area contributed by atoms with Crippen LogP contribution in [-0.4, -0.2) is 12.6 Å². The van der Waals surface area contributed by atoms with E-state index in [-0.39, 0.29) is 0 Å². The molecule has 0 radical (unpaired) electrons. The van der Waals surface area contributed by atoms with Gasteiger partial charge >= 0.3 is 0 Å². The zero-order valence-electron chi connectivity index (χ0n) is 13.0. The molecule has 6 unspecified atom stereocenters. The van der Waals surface area contributed by atoms with E-state index >= 15 is 0 Å². The molecule has 4 aliphatic rings. The quantitative estimate of drug-likeness (QED) is 0.802. The van der Waals surface area contributed by atoms with Crippen molar-refractivity contribution in [2.45, 2.75) is 71.8 Å². The number of hydrogen-bond donors (Lipinski definition) is 1. The maximum Gasteiger partial charge on any atom is 0.0175 e. The summed E-state index contributed by atoms with van der Waals surface area (Å²) in [6.45, 7) is 8.93. The average Bonchev–Trinajstić information content (AvgIpc) is 3.05. The van der Waals surface area contributed by atoms with Crippen molar-refractivity contribution in [1.29, 1.82) is 0 Å². The predicted molar refractivity (Wildman–Crippen MR) is 80.0 cm³/mol. The highest BCUT2D eigenvalue weighted by atomic mass is 15.0. The van der Waals surface area contributed by atoms with Crippen molar-refractivity contribution in [3.63, 3.8) is 0 Å². The summed E-state index contributed by atoms with van der Waals surface area (Å²) in [4.78, 5) is 0. The van der Waals surface area contributed by atoms with E-state index in [9.17, 15) is 0 Å². The van der Waals surface area contributed by atoms with Crippen LogP contribution in [0, 0.1) is 34.5 Å². The first-order chi connectivity index (χ1) is 8.99. The van der Waals surface area contributed by atoms with E-state index in [2.05, 4.69) is 26.1 Å². The summed E-state index contributed by atoms with van der Waals surface area (Å²) in [6, 6.07) is 0.776. The molecule has 108 valence electrons. The van der Waals surface area contributed by atoms with Crippen molar-refractivity contribution in [1.82, 2.24) is 5.32 Å². The van der Waals surface area contributed by atoms with Crippen molar-refractivity contribution in [3.8, 4) is 0 Å². The summed E-state index contributed by atoms with van der Waals surface area (Å²) in [7, 11) is 0. The Hall–Kier alpha value is -0.0400. The predicted octanol–water partition coefficient (Wildman–Crippen LogP) is 4.23. The third kappa shape index (κ3) is 1.76. The van der Waals surface area contributed by atoms with Crippen LogP contribution in [-0.2, 0) is 0 Å². The molecule has 0 aliphatic heterocycles. The van der Waals surface area contributed by atoms with Crippen LogP contribution in [0.3, 0.4) is 0 Å². The van der Waals surface area contributed by atoms with E-state index in [0.29, 0.717) is 10.8 Å². The van der Waals surface area contributed by atoms with Crippen LogP contribution in [0.5, 0.6) is 0 Å². The van der Waals surface area contributed by atoms with E-state index in [0.717, 1.165) is 29.7 Å². The van der Waals surface area contributed by atoms with Crippen LogP contribution in [0.2, 0.25) is 0 Å². The number of rotatable bonds is 3. The SMILES string of the molecule is CC12CCC(C1)C(C)(C)C2NCC1CC2CCC1C2. The lowest BCUT2D eigenvalue weighted by Gasteiger charge is -2.44. The second-order valence-electron chi connectivity index (χ2n) is 9.19. The lowest BCUT2D eigenvalue weighted by atomic mass is 9.68. The minimum absolute atomic E-state index is 0.532. The maximum atomic E-state index is 4.07. The Morgan fingerprint density at radius 3 is 2.47 bits per heavy atom. The van der Waals surface area contributed by atoms with Gasteiger partial charge in [0, 0.05) is 6.04 Å². The summed E-state index contributed by atoms with van der Waals surface area (Å²) in [5.74, 6) is 4.17. The van der Waals surface area contributed by atoms with Gasteiger partial charge in [0.2, 0.25) is 0 Å². The summed E-state index contributed by atoms with van der Waals surface area (Å²) in [5.41, 5.74) is 1.14. The monoisotopic (exact) mass is 261 g/mol. The Balaban J connectivity index is 1.42. The van der Waals surface area contributed by atoms with Gasteiger partial charge in [0.05, 0.1) is 0 Å². The lowest BCUT2D eigenvalue weighted by molar-refractivity contribution is 0.101. The molecule has 4 rings (SSSR count). The van der Waals surface area contributed by atoms with E-state index in [1.165, 1.54) is 45.1 Å². The highest BCUT2D eigenvalue weighted by Gasteiger charge is 2.59. The molecule has 6 atom stereocenters. The fourth-order valence-electron chi connectivity index (χ4n) is 6.71. The Labute approximate surface area is 118 Å². The molecule has 1 N–H and O–H groups in total. The molecule has 4 bridgehead atoms. The number of fused-ring (bicyclic) bond motifs is 4. The maximum absolute atomic E-state index is 4.07. The van der Waals surface area contributed by atoms with Gasteiger partial charge in [-0.1, -0.05) is 27.2 Å².